The van der Waals surface area contributed by atoms with Crippen LogP contribution in [0.15, 0.2) is 0 Å². The van der Waals surface area contributed by atoms with Crippen molar-refractivity contribution in [1.82, 2.24) is 5.32 Å². The van der Waals surface area contributed by atoms with E-state index in [9.17, 15) is 4.79 Å². The number of amides is 1. The van der Waals surface area contributed by atoms with E-state index in [1.54, 1.807) is 0 Å². The Kier molecular flexibility index (Phi) is 12.9. The lowest BCUT2D eigenvalue weighted by Gasteiger charge is -2.06. The van der Waals surface area contributed by atoms with Crippen molar-refractivity contribution >= 4 is 28.7 Å². The van der Waals surface area contributed by atoms with Gasteiger partial charge in [-0.05, 0) is 0 Å². The van der Waals surface area contributed by atoms with Crippen LogP contribution in [0.1, 0.15) is 0 Å². The van der Waals surface area contributed by atoms with Gasteiger partial charge in [-0.3, -0.25) is 0 Å². The number of rotatable bonds is 11. The summed E-state index contributed by atoms with van der Waals surface area (Å²) in [6, 6.07) is 0. The number of hydrogen-bond donors (Lipinski definition) is 2. The fourth-order valence-electron chi connectivity index (χ4n) is 0.827. The van der Waals surface area contributed by atoms with Crippen LogP contribution in [0.5, 0.6) is 0 Å². The molecule has 0 aliphatic heterocycles. The minimum absolute atomic E-state index is 0.300. The molecule has 0 aromatic heterocycles. The van der Waals surface area contributed by atoms with Crippen LogP contribution in [-0.2, 0) is 14.2 Å². The fraction of sp³-hybridized carbons (Fsp3) is 0.889. The molecule has 0 radical (unpaired) electrons. The summed E-state index contributed by atoms with van der Waals surface area (Å²) < 4.78 is 16.5. The Morgan fingerprint density at radius 3 is 2.00 bits per heavy atom. The molecule has 0 unspecified atom stereocenters. The number of hydrogen-bond acceptors (Lipinski definition) is 4. The summed E-state index contributed by atoms with van der Waals surface area (Å²) in [6.07, 6.45) is -1.03. The van der Waals surface area contributed by atoms with Gasteiger partial charge in [-0.25, -0.2) is 4.79 Å². The molecule has 0 spiro atoms. The average molecular weight is 347 g/mol. The maximum absolute atomic E-state index is 10.1. The molecule has 96 valence electrons. The van der Waals surface area contributed by atoms with Crippen LogP contribution in [0.2, 0.25) is 0 Å². The molecule has 0 saturated heterocycles. The van der Waals surface area contributed by atoms with Crippen LogP contribution in [-0.4, -0.2) is 61.8 Å². The predicted octanol–water partition coefficient (Wildman–Crippen LogP) is 0.739. The second-order valence-electron chi connectivity index (χ2n) is 2.76. The third-order valence-corrected chi connectivity index (χ3v) is 1.93. The van der Waals surface area contributed by atoms with Gasteiger partial charge >= 0.3 is 6.09 Å². The van der Waals surface area contributed by atoms with Crippen molar-refractivity contribution in [2.24, 2.45) is 0 Å². The number of carbonyl (C=O) groups is 1. The van der Waals surface area contributed by atoms with Gasteiger partial charge in [-0.2, -0.15) is 0 Å². The van der Waals surface area contributed by atoms with Crippen LogP contribution in [0.25, 0.3) is 0 Å². The van der Waals surface area contributed by atoms with Crippen molar-refractivity contribution in [3.63, 3.8) is 0 Å². The van der Waals surface area contributed by atoms with Crippen molar-refractivity contribution in [2.45, 2.75) is 0 Å². The highest BCUT2D eigenvalue weighted by molar-refractivity contribution is 14.1. The Bertz CT molecular complexity index is 170. The zero-order chi connectivity index (χ0) is 12.1. The molecule has 0 bridgehead atoms. The van der Waals surface area contributed by atoms with Crippen molar-refractivity contribution in [2.75, 3.05) is 50.6 Å². The largest absolute Gasteiger partial charge is 0.465 e. The molecular weight excluding hydrogens is 329 g/mol. The zero-order valence-electron chi connectivity index (χ0n) is 9.12. The van der Waals surface area contributed by atoms with Gasteiger partial charge in [-0.1, -0.05) is 22.6 Å². The van der Waals surface area contributed by atoms with Crippen LogP contribution < -0.4 is 5.32 Å². The van der Waals surface area contributed by atoms with Gasteiger partial charge < -0.3 is 24.6 Å². The molecule has 0 aliphatic carbocycles. The number of alkyl halides is 1. The highest BCUT2D eigenvalue weighted by Crippen LogP contribution is 1.84. The smallest absolute Gasteiger partial charge is 0.404 e. The molecule has 0 atom stereocenters. The monoisotopic (exact) mass is 347 g/mol. The van der Waals surface area contributed by atoms with Gasteiger partial charge in [0.05, 0.1) is 39.6 Å². The summed E-state index contributed by atoms with van der Waals surface area (Å²) in [6.45, 7) is 3.54. The molecule has 0 rings (SSSR count). The van der Waals surface area contributed by atoms with Crippen LogP contribution in [0.3, 0.4) is 0 Å². The first-order chi connectivity index (χ1) is 7.77. The number of carboxylic acid groups (broad SMARTS) is 1. The molecule has 0 aromatic carbocycles. The zero-order valence-corrected chi connectivity index (χ0v) is 11.3. The van der Waals surface area contributed by atoms with E-state index in [2.05, 4.69) is 27.9 Å². The van der Waals surface area contributed by atoms with Gasteiger partial charge in [-0.15, -0.1) is 0 Å². The van der Waals surface area contributed by atoms with Gasteiger partial charge in [0.15, 0.2) is 0 Å². The summed E-state index contributed by atoms with van der Waals surface area (Å²) in [4.78, 5) is 10.1. The summed E-state index contributed by atoms with van der Waals surface area (Å²) in [5, 5.41) is 10.5. The summed E-state index contributed by atoms with van der Waals surface area (Å²) in [5.74, 6) is 0. The van der Waals surface area contributed by atoms with Crippen LogP contribution >= 0.6 is 22.6 Å². The summed E-state index contributed by atoms with van der Waals surface area (Å²) in [5.41, 5.74) is 0. The van der Waals surface area contributed by atoms with Gasteiger partial charge in [0.25, 0.3) is 0 Å². The van der Waals surface area contributed by atoms with E-state index in [1.807, 2.05) is 0 Å². The van der Waals surface area contributed by atoms with Crippen LogP contribution in [0.4, 0.5) is 4.79 Å². The topological polar surface area (TPSA) is 77.0 Å². The average Bonchev–Trinajstić information content (AvgIpc) is 2.25. The lowest BCUT2D eigenvalue weighted by molar-refractivity contribution is 0.0184. The first-order valence-corrected chi connectivity index (χ1v) is 6.56. The fourth-order valence-corrected chi connectivity index (χ4v) is 1.14. The second kappa shape index (κ2) is 12.9. The van der Waals surface area contributed by atoms with E-state index >= 15 is 0 Å². The predicted molar refractivity (Wildman–Crippen MR) is 67.4 cm³/mol. The Morgan fingerprint density at radius 2 is 1.50 bits per heavy atom. The Labute approximate surface area is 109 Å². The minimum Gasteiger partial charge on any atom is -0.465 e. The van der Waals surface area contributed by atoms with E-state index in [4.69, 9.17) is 19.3 Å². The Hall–Kier alpha value is -0.120. The number of nitrogens with one attached hydrogen (secondary N) is 1. The third kappa shape index (κ3) is 13.9. The van der Waals surface area contributed by atoms with E-state index in [-0.39, 0.29) is 0 Å². The Balaban J connectivity index is 2.90. The molecule has 16 heavy (non-hydrogen) atoms. The first kappa shape index (κ1) is 15.9. The van der Waals surface area contributed by atoms with E-state index in [1.165, 1.54) is 0 Å². The standard InChI is InChI=1S/C9H18INO5/c10-1-3-14-5-7-16-8-6-15-4-2-11-9(12)13/h11H,1-8H2,(H,12,13). The maximum atomic E-state index is 10.1. The van der Waals surface area contributed by atoms with Crippen molar-refractivity contribution in [1.29, 1.82) is 0 Å². The minimum atomic E-state index is -1.03. The molecule has 1 amide bonds. The molecule has 0 aromatic rings. The lowest BCUT2D eigenvalue weighted by atomic mass is 10.6. The highest BCUT2D eigenvalue weighted by Gasteiger charge is 1.93. The van der Waals surface area contributed by atoms with E-state index in [0.29, 0.717) is 39.6 Å². The van der Waals surface area contributed by atoms with Gasteiger partial charge in [0.1, 0.15) is 0 Å². The van der Waals surface area contributed by atoms with Crippen molar-refractivity contribution < 1.29 is 24.1 Å². The van der Waals surface area contributed by atoms with Crippen molar-refractivity contribution in [3.8, 4) is 0 Å². The number of ether oxygens (including phenoxy) is 3. The third-order valence-electron chi connectivity index (χ3n) is 1.49. The molecular formula is C9H18INO5. The highest BCUT2D eigenvalue weighted by atomic mass is 127. The molecule has 6 nitrogen and oxygen atoms in total. The second-order valence-corrected chi connectivity index (χ2v) is 3.84. The molecule has 7 heteroatoms. The quantitative estimate of drug-likeness (QED) is 0.328. The summed E-state index contributed by atoms with van der Waals surface area (Å²) >= 11 is 2.25. The van der Waals surface area contributed by atoms with E-state index < -0.39 is 6.09 Å². The Morgan fingerprint density at radius 1 is 1.00 bits per heavy atom. The van der Waals surface area contributed by atoms with Gasteiger partial charge in [0, 0.05) is 11.0 Å². The van der Waals surface area contributed by atoms with E-state index in [0.717, 1.165) is 11.0 Å². The molecule has 0 aliphatic rings. The number of halogens is 1. The lowest BCUT2D eigenvalue weighted by Crippen LogP contribution is -2.25. The molecule has 0 heterocycles. The maximum Gasteiger partial charge on any atom is 0.404 e. The molecule has 0 saturated carbocycles. The van der Waals surface area contributed by atoms with Crippen molar-refractivity contribution in [3.05, 3.63) is 0 Å². The normalized spacial score (nSPS) is 10.3. The van der Waals surface area contributed by atoms with Gasteiger partial charge in [0.2, 0.25) is 0 Å². The molecule has 0 fully saturated rings. The SMILES string of the molecule is O=C(O)NCCOCCOCCOCCI. The molecule has 2 N–H and O–H groups in total. The summed E-state index contributed by atoms with van der Waals surface area (Å²) in [7, 11) is 0. The van der Waals surface area contributed by atoms with Crippen LogP contribution in [0, 0.1) is 0 Å². The first-order valence-electron chi connectivity index (χ1n) is 5.03.